The van der Waals surface area contributed by atoms with Crippen LogP contribution in [-0.2, 0) is 0 Å². The predicted molar refractivity (Wildman–Crippen MR) is 53.4 cm³/mol. The molecule has 0 aliphatic heterocycles. The van der Waals surface area contributed by atoms with Crippen LogP contribution in [-0.4, -0.2) is 25.5 Å². The number of nitrogens with zero attached hydrogens (tertiary/aromatic N) is 1. The van der Waals surface area contributed by atoms with Gasteiger partial charge in [0.1, 0.15) is 5.82 Å². The molecule has 71 valence electrons. The van der Waals surface area contributed by atoms with Crippen molar-refractivity contribution in [1.82, 2.24) is 4.90 Å². The average Bonchev–Trinajstić information content (AvgIpc) is 2.07. The van der Waals surface area contributed by atoms with Gasteiger partial charge in [-0.05, 0) is 31.8 Å². The van der Waals surface area contributed by atoms with Crippen LogP contribution >= 0.6 is 11.6 Å². The van der Waals surface area contributed by atoms with Crippen molar-refractivity contribution < 1.29 is 4.39 Å². The van der Waals surface area contributed by atoms with E-state index in [0.717, 1.165) is 12.1 Å². The fraction of sp³-hybridized carbons (Fsp3) is 0.300. The van der Waals surface area contributed by atoms with Crippen LogP contribution in [0.25, 0.3) is 0 Å². The molecule has 1 nitrogen and oxygen atoms in total. The van der Waals surface area contributed by atoms with Crippen molar-refractivity contribution in [2.45, 2.75) is 0 Å². The minimum Gasteiger partial charge on any atom is -0.309 e. The van der Waals surface area contributed by atoms with Crippen molar-refractivity contribution in [2.24, 2.45) is 0 Å². The van der Waals surface area contributed by atoms with Crippen LogP contribution in [0, 0.1) is 12.2 Å². The van der Waals surface area contributed by atoms with Crippen LogP contribution in [0.1, 0.15) is 5.56 Å². The highest BCUT2D eigenvalue weighted by atomic mass is 35.5. The van der Waals surface area contributed by atoms with Gasteiger partial charge in [0.2, 0.25) is 0 Å². The maximum Gasteiger partial charge on any atom is 0.142 e. The van der Waals surface area contributed by atoms with E-state index >= 15 is 0 Å². The second-order valence-corrected chi connectivity index (χ2v) is 3.55. The molecule has 1 radical (unpaired) electrons. The molecule has 0 saturated carbocycles. The lowest BCUT2D eigenvalue weighted by Gasteiger charge is -2.08. The number of halogens is 2. The van der Waals surface area contributed by atoms with Crippen molar-refractivity contribution in [2.75, 3.05) is 20.6 Å². The van der Waals surface area contributed by atoms with Gasteiger partial charge in [-0.3, -0.25) is 0 Å². The zero-order chi connectivity index (χ0) is 9.84. The Morgan fingerprint density at radius 3 is 2.69 bits per heavy atom. The molecule has 13 heavy (non-hydrogen) atoms. The molecule has 0 fully saturated rings. The van der Waals surface area contributed by atoms with E-state index in [1.807, 2.05) is 25.4 Å². The first kappa shape index (κ1) is 10.5. The molecule has 0 unspecified atom stereocenters. The number of hydrogen-bond donors (Lipinski definition) is 0. The molecule has 3 heteroatoms. The summed E-state index contributed by atoms with van der Waals surface area (Å²) in [5.41, 5.74) is 0.857. The van der Waals surface area contributed by atoms with Crippen LogP contribution in [0.15, 0.2) is 18.2 Å². The molecule has 1 rings (SSSR count). The van der Waals surface area contributed by atoms with E-state index in [9.17, 15) is 4.39 Å². The highest BCUT2D eigenvalue weighted by Gasteiger charge is 2.01. The number of benzene rings is 1. The second-order valence-electron chi connectivity index (χ2n) is 3.14. The van der Waals surface area contributed by atoms with Gasteiger partial charge in [0.05, 0.1) is 5.02 Å². The summed E-state index contributed by atoms with van der Waals surface area (Å²) in [7, 11) is 3.92. The third-order valence-corrected chi connectivity index (χ3v) is 1.94. The number of rotatable bonds is 3. The summed E-state index contributed by atoms with van der Waals surface area (Å²) in [6.07, 6.45) is 1.94. The van der Waals surface area contributed by atoms with Gasteiger partial charge in [0.25, 0.3) is 0 Å². The molecule has 0 spiro atoms. The molecule has 0 heterocycles. The highest BCUT2D eigenvalue weighted by molar-refractivity contribution is 6.30. The topological polar surface area (TPSA) is 3.24 Å². The summed E-state index contributed by atoms with van der Waals surface area (Å²) in [6.45, 7) is 0.793. The zero-order valence-corrected chi connectivity index (χ0v) is 8.48. The Bertz CT molecular complexity index is 286. The fourth-order valence-corrected chi connectivity index (χ4v) is 1.04. The normalized spacial score (nSPS) is 10.8. The van der Waals surface area contributed by atoms with Crippen LogP contribution in [0.3, 0.4) is 0 Å². The lowest BCUT2D eigenvalue weighted by molar-refractivity contribution is 0.445. The fourth-order valence-electron chi connectivity index (χ4n) is 0.927. The van der Waals surface area contributed by atoms with Crippen LogP contribution in [0.2, 0.25) is 5.02 Å². The maximum atomic E-state index is 12.9. The largest absolute Gasteiger partial charge is 0.309 e. The first-order valence-electron chi connectivity index (χ1n) is 4.02. The van der Waals surface area contributed by atoms with Gasteiger partial charge in [-0.2, -0.15) is 0 Å². The maximum absolute atomic E-state index is 12.9. The molecular weight excluding hydrogens is 189 g/mol. The van der Waals surface area contributed by atoms with Gasteiger partial charge in [-0.1, -0.05) is 17.7 Å². The summed E-state index contributed by atoms with van der Waals surface area (Å²) in [4.78, 5) is 2.01. The van der Waals surface area contributed by atoms with Crippen molar-refractivity contribution in [1.29, 1.82) is 0 Å². The lowest BCUT2D eigenvalue weighted by Crippen LogP contribution is -2.13. The average molecular weight is 201 g/mol. The second kappa shape index (κ2) is 4.58. The molecule has 0 saturated heterocycles. The van der Waals surface area contributed by atoms with E-state index < -0.39 is 0 Å². The highest BCUT2D eigenvalue weighted by Crippen LogP contribution is 2.16. The minimum atomic E-state index is -0.367. The van der Waals surface area contributed by atoms with E-state index in [2.05, 4.69) is 0 Å². The van der Waals surface area contributed by atoms with Crippen molar-refractivity contribution in [3.05, 3.63) is 41.0 Å². The molecule has 0 aromatic heterocycles. The Morgan fingerprint density at radius 1 is 1.46 bits per heavy atom. The summed E-state index contributed by atoms with van der Waals surface area (Å²) >= 11 is 5.54. The first-order valence-corrected chi connectivity index (χ1v) is 4.40. The minimum absolute atomic E-state index is 0.169. The molecule has 1 aromatic rings. The summed E-state index contributed by atoms with van der Waals surface area (Å²) in [5.74, 6) is -0.367. The summed E-state index contributed by atoms with van der Waals surface area (Å²) in [6, 6.07) is 4.80. The van der Waals surface area contributed by atoms with Gasteiger partial charge in [-0.25, -0.2) is 4.39 Å². The van der Waals surface area contributed by atoms with Crippen LogP contribution in [0.4, 0.5) is 4.39 Å². The van der Waals surface area contributed by atoms with Crippen molar-refractivity contribution in [3.8, 4) is 0 Å². The Morgan fingerprint density at radius 2 is 2.15 bits per heavy atom. The van der Waals surface area contributed by atoms with Crippen molar-refractivity contribution in [3.63, 3.8) is 0 Å². The van der Waals surface area contributed by atoms with Gasteiger partial charge < -0.3 is 4.90 Å². The molecule has 0 N–H and O–H groups in total. The van der Waals surface area contributed by atoms with Crippen molar-refractivity contribution >= 4 is 11.6 Å². The van der Waals surface area contributed by atoms with Gasteiger partial charge in [0.15, 0.2) is 0 Å². The zero-order valence-electron chi connectivity index (χ0n) is 7.72. The van der Waals surface area contributed by atoms with Crippen LogP contribution < -0.4 is 0 Å². The molecular formula is C10H12ClFN. The molecule has 0 aliphatic rings. The number of hydrogen-bond acceptors (Lipinski definition) is 1. The quantitative estimate of drug-likeness (QED) is 0.725. The Labute approximate surface area is 83.1 Å². The Balaban J connectivity index is 2.63. The van der Waals surface area contributed by atoms with Gasteiger partial charge in [0, 0.05) is 13.0 Å². The van der Waals surface area contributed by atoms with E-state index in [1.165, 1.54) is 6.07 Å². The molecule has 0 aliphatic carbocycles. The van der Waals surface area contributed by atoms with E-state index in [4.69, 9.17) is 11.6 Å². The number of likely N-dealkylation sites (N-methyl/N-ethyl adjacent to an activating group) is 1. The monoisotopic (exact) mass is 200 g/mol. The van der Waals surface area contributed by atoms with Crippen LogP contribution in [0.5, 0.6) is 0 Å². The first-order chi connectivity index (χ1) is 6.09. The summed E-state index contributed by atoms with van der Waals surface area (Å²) in [5, 5.41) is 0.169. The predicted octanol–water partition coefficient (Wildman–Crippen LogP) is 2.59. The Kier molecular flexibility index (Phi) is 3.70. The molecule has 0 amide bonds. The third kappa shape index (κ3) is 3.33. The van der Waals surface area contributed by atoms with E-state index in [0.29, 0.717) is 0 Å². The van der Waals surface area contributed by atoms with E-state index in [-0.39, 0.29) is 10.8 Å². The molecule has 0 bridgehead atoms. The third-order valence-electron chi connectivity index (χ3n) is 1.64. The molecule has 1 aromatic carbocycles. The Hall–Kier alpha value is -0.600. The van der Waals surface area contributed by atoms with Gasteiger partial charge in [-0.15, -0.1) is 0 Å². The lowest BCUT2D eigenvalue weighted by atomic mass is 10.1. The summed E-state index contributed by atoms with van der Waals surface area (Å²) < 4.78 is 12.9. The van der Waals surface area contributed by atoms with E-state index in [1.54, 1.807) is 12.1 Å². The molecule has 0 atom stereocenters. The standard InChI is InChI=1S/C10H12ClFN/c1-13(2)6-5-8-3-4-9(11)10(12)7-8/h3-5,7H,6H2,1-2H3. The van der Waals surface area contributed by atoms with Gasteiger partial charge >= 0.3 is 0 Å². The smallest absolute Gasteiger partial charge is 0.142 e. The SMILES string of the molecule is CN(C)C[CH]c1ccc(Cl)c(F)c1.